The molecule has 1 unspecified atom stereocenters. The molecule has 0 fully saturated rings. The Morgan fingerprint density at radius 3 is 1.17 bits per heavy atom. The summed E-state index contributed by atoms with van der Waals surface area (Å²) in [5.41, 5.74) is 2.82. The third-order valence-corrected chi connectivity index (χ3v) is 13.3. The highest BCUT2D eigenvalue weighted by molar-refractivity contribution is 7.74. The van der Waals surface area contributed by atoms with E-state index in [1.807, 2.05) is 0 Å². The van der Waals surface area contributed by atoms with Gasteiger partial charge in [-0.25, -0.2) is 0 Å². The fourth-order valence-corrected chi connectivity index (χ4v) is 11.5. The van der Waals surface area contributed by atoms with Crippen LogP contribution in [0.5, 0.6) is 0 Å². The molecule has 1 atom stereocenters. The average Bonchev–Trinajstić information content (AvgIpc) is 3.05. The smallest absolute Gasteiger partial charge is 0.00838 e. The van der Waals surface area contributed by atoms with Gasteiger partial charge in [0.25, 0.3) is 0 Å². The van der Waals surface area contributed by atoms with E-state index in [0.717, 1.165) is 18.7 Å². The number of rotatable bonds is 9. The van der Waals surface area contributed by atoms with E-state index in [0.29, 0.717) is 0 Å². The Labute approximate surface area is 251 Å². The van der Waals surface area contributed by atoms with Gasteiger partial charge >= 0.3 is 0 Å². The lowest BCUT2D eigenvalue weighted by Crippen LogP contribution is -2.36. The molecule has 0 heterocycles. The molecular formula is C38H37P3. The SMILES string of the molecule is C1=CCC(CP(c2ccccc2)c2ccccc2)(CP(c2ccccc2)c2ccccc2)C(c2ccccc2)=C1.P. The topological polar surface area (TPSA) is 0 Å². The van der Waals surface area contributed by atoms with Crippen molar-refractivity contribution in [1.29, 1.82) is 0 Å². The predicted octanol–water partition coefficient (Wildman–Crippen LogP) is 8.34. The molecule has 0 amide bonds. The minimum absolute atomic E-state index is 0. The standard InChI is InChI=1S/C38H34P2.H3P/c1-6-18-32(19-7-1)37-28-16-17-29-38(37,30-39(33-20-8-2-9-21-33)34-22-10-3-11-23-34)31-40(35-24-12-4-13-25-35)36-26-14-5-15-27-36;/h1-28H,29-31H2;1H3. The fourth-order valence-electron chi connectivity index (χ4n) is 5.81. The molecule has 6 rings (SSSR count). The van der Waals surface area contributed by atoms with E-state index in [-0.39, 0.29) is 15.3 Å². The van der Waals surface area contributed by atoms with Crippen molar-refractivity contribution >= 4 is 52.5 Å². The molecule has 5 aromatic carbocycles. The van der Waals surface area contributed by atoms with Crippen LogP contribution in [0.25, 0.3) is 5.57 Å². The van der Waals surface area contributed by atoms with E-state index >= 15 is 0 Å². The Kier molecular flexibility index (Phi) is 10.1. The number of benzene rings is 5. The highest BCUT2D eigenvalue weighted by Gasteiger charge is 2.41. The van der Waals surface area contributed by atoms with Gasteiger partial charge in [-0.2, -0.15) is 9.90 Å². The largest absolute Gasteiger partial charge is 0.153 e. The minimum Gasteiger partial charge on any atom is -0.153 e. The van der Waals surface area contributed by atoms with E-state index in [1.165, 1.54) is 32.4 Å². The Balaban J connectivity index is 0.00000337. The summed E-state index contributed by atoms with van der Waals surface area (Å²) in [6, 6.07) is 56.0. The number of allylic oxidation sites excluding steroid dienone is 4. The molecule has 0 spiro atoms. The molecule has 0 N–H and O–H groups in total. The van der Waals surface area contributed by atoms with Gasteiger partial charge in [0.05, 0.1) is 0 Å². The van der Waals surface area contributed by atoms with E-state index in [2.05, 4.69) is 170 Å². The van der Waals surface area contributed by atoms with Crippen molar-refractivity contribution in [2.24, 2.45) is 5.41 Å². The van der Waals surface area contributed by atoms with Gasteiger partial charge in [-0.1, -0.05) is 170 Å². The first-order valence-corrected chi connectivity index (χ1v) is 17.1. The quantitative estimate of drug-likeness (QED) is 0.152. The molecular weight excluding hydrogens is 549 g/mol. The summed E-state index contributed by atoms with van der Waals surface area (Å²) >= 11 is 0. The average molecular weight is 587 g/mol. The summed E-state index contributed by atoms with van der Waals surface area (Å²) in [6.45, 7) is 0. The van der Waals surface area contributed by atoms with Gasteiger partial charge in [0.2, 0.25) is 0 Å². The lowest BCUT2D eigenvalue weighted by atomic mass is 9.75. The van der Waals surface area contributed by atoms with Gasteiger partial charge in [-0.05, 0) is 66.9 Å². The maximum absolute atomic E-state index is 2.42. The summed E-state index contributed by atoms with van der Waals surface area (Å²) in [5.74, 6) is 0. The molecule has 0 radical (unpaired) electrons. The summed E-state index contributed by atoms with van der Waals surface area (Å²) in [5, 5.41) is 5.81. The van der Waals surface area contributed by atoms with E-state index < -0.39 is 15.8 Å². The van der Waals surface area contributed by atoms with E-state index in [1.54, 1.807) is 0 Å². The number of hydrogen-bond acceptors (Lipinski definition) is 0. The van der Waals surface area contributed by atoms with Crippen LogP contribution < -0.4 is 21.2 Å². The highest BCUT2D eigenvalue weighted by atomic mass is 31.1. The zero-order valence-corrected chi connectivity index (χ0v) is 26.6. The summed E-state index contributed by atoms with van der Waals surface area (Å²) < 4.78 is 0. The van der Waals surface area contributed by atoms with Crippen LogP contribution in [-0.4, -0.2) is 12.3 Å². The maximum atomic E-state index is 2.42. The monoisotopic (exact) mass is 586 g/mol. The molecule has 0 aliphatic heterocycles. The highest BCUT2D eigenvalue weighted by Crippen LogP contribution is 2.55. The van der Waals surface area contributed by atoms with Crippen LogP contribution in [0.4, 0.5) is 0 Å². The lowest BCUT2D eigenvalue weighted by Gasteiger charge is -2.43. The molecule has 5 aromatic rings. The van der Waals surface area contributed by atoms with E-state index in [4.69, 9.17) is 0 Å². The summed E-state index contributed by atoms with van der Waals surface area (Å²) in [4.78, 5) is 0. The Morgan fingerprint density at radius 1 is 0.463 bits per heavy atom. The second kappa shape index (κ2) is 14.2. The predicted molar refractivity (Wildman–Crippen MR) is 190 cm³/mol. The fraction of sp³-hybridized carbons (Fsp3) is 0.105. The van der Waals surface area contributed by atoms with E-state index in [9.17, 15) is 0 Å². The molecule has 0 saturated heterocycles. The molecule has 3 heteroatoms. The van der Waals surface area contributed by atoms with Crippen molar-refractivity contribution in [3.8, 4) is 0 Å². The Morgan fingerprint density at radius 2 is 0.805 bits per heavy atom. The van der Waals surface area contributed by atoms with Crippen LogP contribution in [0.1, 0.15) is 12.0 Å². The van der Waals surface area contributed by atoms with Gasteiger partial charge in [0.1, 0.15) is 0 Å². The molecule has 0 nitrogen and oxygen atoms in total. The normalized spacial score (nSPS) is 14.0. The van der Waals surface area contributed by atoms with Crippen molar-refractivity contribution < 1.29 is 0 Å². The van der Waals surface area contributed by atoms with Crippen molar-refractivity contribution in [3.63, 3.8) is 0 Å². The maximum Gasteiger partial charge on any atom is 0.00838 e. The second-order valence-corrected chi connectivity index (χ2v) is 14.8. The zero-order valence-electron chi connectivity index (χ0n) is 23.4. The summed E-state index contributed by atoms with van der Waals surface area (Å²) in [6.07, 6.45) is 10.4. The minimum atomic E-state index is -0.572. The van der Waals surface area contributed by atoms with Crippen molar-refractivity contribution in [2.45, 2.75) is 6.42 Å². The molecule has 0 bridgehead atoms. The zero-order chi connectivity index (χ0) is 27.0. The molecule has 0 saturated carbocycles. The second-order valence-electron chi connectivity index (χ2n) is 10.4. The first-order chi connectivity index (χ1) is 19.8. The van der Waals surface area contributed by atoms with Crippen LogP contribution in [-0.2, 0) is 0 Å². The van der Waals surface area contributed by atoms with Crippen LogP contribution in [0.3, 0.4) is 0 Å². The van der Waals surface area contributed by atoms with Gasteiger partial charge in [-0.3, -0.25) is 0 Å². The van der Waals surface area contributed by atoms with Gasteiger partial charge in [0.15, 0.2) is 0 Å². The number of hydrogen-bond donors (Lipinski definition) is 0. The molecule has 41 heavy (non-hydrogen) atoms. The van der Waals surface area contributed by atoms with Gasteiger partial charge in [0, 0.05) is 5.41 Å². The summed E-state index contributed by atoms with van der Waals surface area (Å²) in [7, 11) is -1.14. The lowest BCUT2D eigenvalue weighted by molar-refractivity contribution is 0.523. The third kappa shape index (κ3) is 6.85. The van der Waals surface area contributed by atoms with Crippen LogP contribution in [0, 0.1) is 5.41 Å². The Bertz CT molecular complexity index is 1380. The van der Waals surface area contributed by atoms with Crippen molar-refractivity contribution in [1.82, 2.24) is 0 Å². The first kappa shape index (κ1) is 29.4. The van der Waals surface area contributed by atoms with Crippen LogP contribution >= 0.6 is 25.7 Å². The first-order valence-electron chi connectivity index (χ1n) is 14.0. The van der Waals surface area contributed by atoms with Crippen LogP contribution in [0.2, 0.25) is 0 Å². The van der Waals surface area contributed by atoms with Gasteiger partial charge < -0.3 is 0 Å². The molecule has 1 aliphatic carbocycles. The van der Waals surface area contributed by atoms with Crippen molar-refractivity contribution in [3.05, 3.63) is 175 Å². The third-order valence-electron chi connectivity index (χ3n) is 7.76. The van der Waals surface area contributed by atoms with Gasteiger partial charge in [-0.15, -0.1) is 0 Å². The molecule has 0 aromatic heterocycles. The van der Waals surface area contributed by atoms with Crippen LogP contribution in [0.15, 0.2) is 170 Å². The Hall–Kier alpha value is -3.13. The molecule has 204 valence electrons. The van der Waals surface area contributed by atoms with Crippen molar-refractivity contribution in [2.75, 3.05) is 12.3 Å². The molecule has 1 aliphatic rings.